The molecule has 3 nitrogen and oxygen atoms in total. The Kier molecular flexibility index (Phi) is 3.36. The molecule has 0 spiro atoms. The number of halogens is 2. The molecule has 104 valence electrons. The van der Waals surface area contributed by atoms with Crippen LogP contribution in [0.2, 0.25) is 5.02 Å². The summed E-state index contributed by atoms with van der Waals surface area (Å²) in [5, 5.41) is 9.32. The summed E-state index contributed by atoms with van der Waals surface area (Å²) in [5.74, 6) is 0.361. The molecular weight excluding hydrogens is 289 g/mol. The van der Waals surface area contributed by atoms with Gasteiger partial charge in [0.05, 0.1) is 22.7 Å². The van der Waals surface area contributed by atoms with E-state index in [9.17, 15) is 4.39 Å². The average Bonchev–Trinajstić information content (AvgIpc) is 2.79. The van der Waals surface area contributed by atoms with Crippen molar-refractivity contribution < 1.29 is 4.39 Å². The average molecular weight is 300 g/mol. The summed E-state index contributed by atoms with van der Waals surface area (Å²) in [5.41, 5.74) is 2.60. The van der Waals surface area contributed by atoms with Crippen LogP contribution in [0, 0.1) is 17.1 Å². The van der Waals surface area contributed by atoms with Crippen molar-refractivity contribution >= 4 is 22.6 Å². The minimum absolute atomic E-state index is 0.304. The van der Waals surface area contributed by atoms with Gasteiger partial charge in [0.1, 0.15) is 11.6 Å². The molecule has 0 unspecified atom stereocenters. The van der Waals surface area contributed by atoms with Crippen LogP contribution in [0.3, 0.4) is 0 Å². The summed E-state index contributed by atoms with van der Waals surface area (Å²) in [6.45, 7) is 0. The Morgan fingerprint density at radius 2 is 2.14 bits per heavy atom. The Hall–Kier alpha value is -2.38. The van der Waals surface area contributed by atoms with E-state index in [1.165, 1.54) is 6.07 Å². The fourth-order valence-corrected chi connectivity index (χ4v) is 2.57. The molecule has 0 fully saturated rings. The maximum Gasteiger partial charge on any atom is 0.128 e. The molecule has 0 radical (unpaired) electrons. The molecule has 3 rings (SSSR count). The molecule has 0 amide bonds. The third kappa shape index (κ3) is 2.37. The molecule has 0 aliphatic heterocycles. The Morgan fingerprint density at radius 3 is 2.86 bits per heavy atom. The standard InChI is InChI=1S/C16H11ClFN3/c1-21-15-6-5-10(9-19)7-14(15)20-16(21)8-11-12(17)3-2-4-13(11)18/h2-7H,8H2,1H3. The van der Waals surface area contributed by atoms with Crippen molar-refractivity contribution in [3.63, 3.8) is 0 Å². The molecule has 0 aliphatic rings. The molecule has 1 heterocycles. The lowest BCUT2D eigenvalue weighted by Crippen LogP contribution is -2.01. The molecule has 0 N–H and O–H groups in total. The van der Waals surface area contributed by atoms with Gasteiger partial charge in [-0.1, -0.05) is 17.7 Å². The molecule has 0 saturated carbocycles. The van der Waals surface area contributed by atoms with Gasteiger partial charge in [0.15, 0.2) is 0 Å². The van der Waals surface area contributed by atoms with E-state index in [0.717, 1.165) is 11.0 Å². The topological polar surface area (TPSA) is 41.6 Å². The highest BCUT2D eigenvalue weighted by atomic mass is 35.5. The number of benzene rings is 2. The van der Waals surface area contributed by atoms with Crippen LogP contribution in [-0.2, 0) is 13.5 Å². The third-order valence-electron chi connectivity index (χ3n) is 3.50. The van der Waals surface area contributed by atoms with E-state index in [4.69, 9.17) is 16.9 Å². The summed E-state index contributed by atoms with van der Waals surface area (Å²) in [6, 6.07) is 12.0. The molecule has 1 aromatic heterocycles. The number of hydrogen-bond acceptors (Lipinski definition) is 2. The van der Waals surface area contributed by atoms with E-state index in [-0.39, 0.29) is 5.82 Å². The van der Waals surface area contributed by atoms with Crippen LogP contribution >= 0.6 is 11.6 Å². The second-order valence-electron chi connectivity index (χ2n) is 4.78. The van der Waals surface area contributed by atoms with Gasteiger partial charge in [0, 0.05) is 24.1 Å². The Bertz CT molecular complexity index is 857. The third-order valence-corrected chi connectivity index (χ3v) is 3.85. The van der Waals surface area contributed by atoms with Crippen LogP contribution in [0.1, 0.15) is 17.0 Å². The summed E-state index contributed by atoms with van der Waals surface area (Å²) >= 11 is 6.06. The van der Waals surface area contributed by atoms with Crippen LogP contribution in [-0.4, -0.2) is 9.55 Å². The first-order valence-corrected chi connectivity index (χ1v) is 6.76. The minimum atomic E-state index is -0.340. The van der Waals surface area contributed by atoms with Crippen molar-refractivity contribution in [1.82, 2.24) is 9.55 Å². The monoisotopic (exact) mass is 299 g/mol. The zero-order chi connectivity index (χ0) is 15.0. The van der Waals surface area contributed by atoms with Crippen LogP contribution in [0.5, 0.6) is 0 Å². The van der Waals surface area contributed by atoms with E-state index < -0.39 is 0 Å². The highest BCUT2D eigenvalue weighted by molar-refractivity contribution is 6.31. The number of nitrogens with zero attached hydrogens (tertiary/aromatic N) is 3. The van der Waals surface area contributed by atoms with Gasteiger partial charge >= 0.3 is 0 Å². The highest BCUT2D eigenvalue weighted by Crippen LogP contribution is 2.24. The number of aromatic nitrogens is 2. The van der Waals surface area contributed by atoms with Gasteiger partial charge in [-0.15, -0.1) is 0 Å². The number of fused-ring (bicyclic) bond motifs is 1. The predicted molar refractivity (Wildman–Crippen MR) is 79.6 cm³/mol. The molecule has 0 saturated heterocycles. The normalized spacial score (nSPS) is 10.8. The SMILES string of the molecule is Cn1c(Cc2c(F)cccc2Cl)nc2cc(C#N)ccc21. The first-order chi connectivity index (χ1) is 10.1. The zero-order valence-electron chi connectivity index (χ0n) is 11.3. The Balaban J connectivity index is 2.09. The van der Waals surface area contributed by atoms with Crippen molar-refractivity contribution in [2.45, 2.75) is 6.42 Å². The maximum absolute atomic E-state index is 13.9. The van der Waals surface area contributed by atoms with Crippen molar-refractivity contribution in [3.05, 3.63) is 64.2 Å². The van der Waals surface area contributed by atoms with Gasteiger partial charge in [-0.3, -0.25) is 0 Å². The maximum atomic E-state index is 13.9. The van der Waals surface area contributed by atoms with Crippen molar-refractivity contribution in [1.29, 1.82) is 5.26 Å². The van der Waals surface area contributed by atoms with E-state index in [1.54, 1.807) is 24.3 Å². The lowest BCUT2D eigenvalue weighted by Gasteiger charge is -2.06. The summed E-state index contributed by atoms with van der Waals surface area (Å²) in [7, 11) is 1.87. The fourth-order valence-electron chi connectivity index (χ4n) is 2.34. The molecule has 2 aromatic carbocycles. The van der Waals surface area contributed by atoms with Gasteiger partial charge in [-0.05, 0) is 30.3 Å². The second-order valence-corrected chi connectivity index (χ2v) is 5.19. The minimum Gasteiger partial charge on any atom is -0.331 e. The number of hydrogen-bond donors (Lipinski definition) is 0. The van der Waals surface area contributed by atoms with Gasteiger partial charge in [0.2, 0.25) is 0 Å². The van der Waals surface area contributed by atoms with Gasteiger partial charge in [-0.25, -0.2) is 9.37 Å². The molecule has 0 aliphatic carbocycles. The summed E-state index contributed by atoms with van der Waals surface area (Å²) < 4.78 is 15.8. The smallest absolute Gasteiger partial charge is 0.128 e. The van der Waals surface area contributed by atoms with Gasteiger partial charge < -0.3 is 4.57 Å². The molecular formula is C16H11ClFN3. The predicted octanol–water partition coefficient (Wildman–Crippen LogP) is 3.83. The molecule has 3 aromatic rings. The van der Waals surface area contributed by atoms with Crippen molar-refractivity contribution in [3.8, 4) is 6.07 Å². The van der Waals surface area contributed by atoms with Gasteiger partial charge in [-0.2, -0.15) is 5.26 Å². The quantitative estimate of drug-likeness (QED) is 0.721. The molecule has 0 bridgehead atoms. The Labute approximate surface area is 126 Å². The van der Waals surface area contributed by atoms with Crippen LogP contribution in [0.15, 0.2) is 36.4 Å². The second kappa shape index (κ2) is 5.19. The highest BCUT2D eigenvalue weighted by Gasteiger charge is 2.13. The van der Waals surface area contributed by atoms with Crippen molar-refractivity contribution in [2.24, 2.45) is 7.05 Å². The first kappa shape index (κ1) is 13.6. The van der Waals surface area contributed by atoms with Crippen LogP contribution < -0.4 is 0 Å². The lowest BCUT2D eigenvalue weighted by atomic mass is 10.1. The van der Waals surface area contributed by atoms with E-state index in [0.29, 0.717) is 28.4 Å². The van der Waals surface area contributed by atoms with Crippen LogP contribution in [0.4, 0.5) is 4.39 Å². The molecule has 0 atom stereocenters. The first-order valence-electron chi connectivity index (χ1n) is 6.38. The summed E-state index contributed by atoms with van der Waals surface area (Å²) in [6.07, 6.45) is 0.304. The number of imidazole rings is 1. The Morgan fingerprint density at radius 1 is 1.33 bits per heavy atom. The van der Waals surface area contributed by atoms with E-state index in [2.05, 4.69) is 11.1 Å². The molecule has 5 heteroatoms. The summed E-state index contributed by atoms with van der Waals surface area (Å²) in [4.78, 5) is 4.48. The number of aryl methyl sites for hydroxylation is 1. The molecule has 21 heavy (non-hydrogen) atoms. The van der Waals surface area contributed by atoms with Crippen LogP contribution in [0.25, 0.3) is 11.0 Å². The van der Waals surface area contributed by atoms with Crippen molar-refractivity contribution in [2.75, 3.05) is 0 Å². The number of rotatable bonds is 2. The van der Waals surface area contributed by atoms with E-state index >= 15 is 0 Å². The zero-order valence-corrected chi connectivity index (χ0v) is 12.0. The lowest BCUT2D eigenvalue weighted by molar-refractivity contribution is 0.611. The number of nitriles is 1. The van der Waals surface area contributed by atoms with E-state index in [1.807, 2.05) is 17.7 Å². The van der Waals surface area contributed by atoms with Gasteiger partial charge in [0.25, 0.3) is 0 Å². The largest absolute Gasteiger partial charge is 0.331 e. The fraction of sp³-hybridized carbons (Fsp3) is 0.125.